The van der Waals surface area contributed by atoms with E-state index in [1.807, 2.05) is 27.7 Å². The number of nitrogens with zero attached hydrogens (tertiary/aromatic N) is 1. The van der Waals surface area contributed by atoms with Crippen LogP contribution in [0.1, 0.15) is 27.7 Å². The third kappa shape index (κ3) is 1.81. The van der Waals surface area contributed by atoms with Crippen molar-refractivity contribution in [3.8, 4) is 0 Å². The van der Waals surface area contributed by atoms with E-state index in [0.29, 0.717) is 0 Å². The van der Waals surface area contributed by atoms with E-state index in [0.717, 1.165) is 16.2 Å². The lowest BCUT2D eigenvalue weighted by Crippen LogP contribution is -2.38. The van der Waals surface area contributed by atoms with Crippen molar-refractivity contribution in [1.29, 1.82) is 0 Å². The standard InChI is InChI=1S/C14H20N2O2/c1-7(2)5-10-6-8(3)9(4)11-12(10)14(18)16(15)13(11)17/h5-6,9-12H,15H2,1-4H3/t9-,10+,11+,12+/m0/s1. The number of hydrazine groups is 1. The maximum absolute atomic E-state index is 12.1. The van der Waals surface area contributed by atoms with Crippen LogP contribution in [0.2, 0.25) is 0 Å². The van der Waals surface area contributed by atoms with E-state index in [4.69, 9.17) is 5.84 Å². The summed E-state index contributed by atoms with van der Waals surface area (Å²) >= 11 is 0. The molecule has 1 fully saturated rings. The van der Waals surface area contributed by atoms with Gasteiger partial charge >= 0.3 is 0 Å². The first-order valence-electron chi connectivity index (χ1n) is 6.30. The van der Waals surface area contributed by atoms with Crippen molar-refractivity contribution in [2.24, 2.45) is 29.5 Å². The van der Waals surface area contributed by atoms with Gasteiger partial charge in [-0.15, -0.1) is 0 Å². The third-order valence-electron chi connectivity index (χ3n) is 4.08. The molecule has 98 valence electrons. The molecule has 0 unspecified atom stereocenters. The first kappa shape index (κ1) is 13.0. The Balaban J connectivity index is 2.48. The number of hydrogen-bond acceptors (Lipinski definition) is 3. The van der Waals surface area contributed by atoms with Crippen molar-refractivity contribution in [3.63, 3.8) is 0 Å². The van der Waals surface area contributed by atoms with E-state index in [9.17, 15) is 9.59 Å². The molecule has 4 atom stereocenters. The summed E-state index contributed by atoms with van der Waals surface area (Å²) in [6, 6.07) is 0. The molecular formula is C14H20N2O2. The van der Waals surface area contributed by atoms with Gasteiger partial charge in [-0.25, -0.2) is 10.9 Å². The van der Waals surface area contributed by atoms with E-state index in [2.05, 4.69) is 12.2 Å². The zero-order valence-electron chi connectivity index (χ0n) is 11.3. The second-order valence-corrected chi connectivity index (χ2v) is 5.62. The van der Waals surface area contributed by atoms with Crippen LogP contribution in [0.15, 0.2) is 23.3 Å². The molecule has 4 nitrogen and oxygen atoms in total. The van der Waals surface area contributed by atoms with E-state index in [1.165, 1.54) is 0 Å². The van der Waals surface area contributed by atoms with Crippen molar-refractivity contribution in [3.05, 3.63) is 23.3 Å². The molecule has 2 aliphatic rings. The molecule has 1 heterocycles. The Morgan fingerprint density at radius 3 is 2.39 bits per heavy atom. The van der Waals surface area contributed by atoms with Gasteiger partial charge in [0, 0.05) is 5.92 Å². The topological polar surface area (TPSA) is 63.4 Å². The van der Waals surface area contributed by atoms with Gasteiger partial charge in [0.15, 0.2) is 0 Å². The molecule has 0 saturated carbocycles. The zero-order valence-corrected chi connectivity index (χ0v) is 11.3. The van der Waals surface area contributed by atoms with Crippen molar-refractivity contribution in [1.82, 2.24) is 5.01 Å². The Morgan fingerprint density at radius 1 is 1.28 bits per heavy atom. The number of nitrogens with two attached hydrogens (primary N) is 1. The molecule has 2 N–H and O–H groups in total. The zero-order chi connectivity index (χ0) is 13.6. The molecule has 0 radical (unpaired) electrons. The average molecular weight is 248 g/mol. The van der Waals surface area contributed by atoms with Crippen molar-refractivity contribution in [2.45, 2.75) is 27.7 Å². The van der Waals surface area contributed by atoms with Crippen LogP contribution < -0.4 is 5.84 Å². The molecule has 4 heteroatoms. The van der Waals surface area contributed by atoms with Crippen LogP contribution in [0.3, 0.4) is 0 Å². The Morgan fingerprint density at radius 2 is 1.83 bits per heavy atom. The highest BCUT2D eigenvalue weighted by molar-refractivity contribution is 6.05. The molecule has 0 aromatic carbocycles. The fourth-order valence-electron chi connectivity index (χ4n) is 3.04. The van der Waals surface area contributed by atoms with Gasteiger partial charge in [0.25, 0.3) is 0 Å². The number of imide groups is 1. The number of hydrogen-bond donors (Lipinski definition) is 1. The Labute approximate surface area is 107 Å². The maximum Gasteiger partial charge on any atom is 0.248 e. The number of allylic oxidation sites excluding steroid dienone is 4. The average Bonchev–Trinajstić information content (AvgIpc) is 2.50. The molecule has 0 bridgehead atoms. The summed E-state index contributed by atoms with van der Waals surface area (Å²) in [5.41, 5.74) is 2.31. The van der Waals surface area contributed by atoms with E-state index in [1.54, 1.807) is 0 Å². The van der Waals surface area contributed by atoms with Crippen LogP contribution in [0.5, 0.6) is 0 Å². The lowest BCUT2D eigenvalue weighted by molar-refractivity contribution is -0.140. The van der Waals surface area contributed by atoms with Crippen LogP contribution in [-0.2, 0) is 9.59 Å². The van der Waals surface area contributed by atoms with Gasteiger partial charge in [-0.1, -0.05) is 30.2 Å². The highest BCUT2D eigenvalue weighted by atomic mass is 16.2. The van der Waals surface area contributed by atoms with Gasteiger partial charge < -0.3 is 0 Å². The molecule has 1 aliphatic carbocycles. The summed E-state index contributed by atoms with van der Waals surface area (Å²) in [5.74, 6) is 4.54. The van der Waals surface area contributed by atoms with Gasteiger partial charge in [0.1, 0.15) is 0 Å². The quantitative estimate of drug-likeness (QED) is 0.332. The molecule has 0 spiro atoms. The van der Waals surface area contributed by atoms with Gasteiger partial charge in [-0.3, -0.25) is 9.59 Å². The Kier molecular flexibility index (Phi) is 3.15. The fraction of sp³-hybridized carbons (Fsp3) is 0.571. The summed E-state index contributed by atoms with van der Waals surface area (Å²) in [7, 11) is 0. The van der Waals surface area contributed by atoms with Crippen LogP contribution in [-0.4, -0.2) is 16.8 Å². The Hall–Kier alpha value is -1.42. The number of fused-ring (bicyclic) bond motifs is 1. The van der Waals surface area contributed by atoms with Gasteiger partial charge in [-0.2, -0.15) is 0 Å². The first-order chi connectivity index (χ1) is 8.34. The summed E-state index contributed by atoms with van der Waals surface area (Å²) in [5, 5.41) is 0.810. The van der Waals surface area contributed by atoms with Crippen LogP contribution in [0, 0.1) is 23.7 Å². The predicted molar refractivity (Wildman–Crippen MR) is 68.9 cm³/mol. The molecule has 0 aromatic heterocycles. The molecule has 0 aromatic rings. The van der Waals surface area contributed by atoms with Crippen molar-refractivity contribution >= 4 is 11.8 Å². The normalized spacial score (nSPS) is 35.4. The molecule has 2 amide bonds. The lowest BCUT2D eigenvalue weighted by atomic mass is 9.69. The van der Waals surface area contributed by atoms with Crippen molar-refractivity contribution < 1.29 is 9.59 Å². The van der Waals surface area contributed by atoms with E-state index in [-0.39, 0.29) is 35.5 Å². The third-order valence-corrected chi connectivity index (χ3v) is 4.08. The predicted octanol–water partition coefficient (Wildman–Crippen LogP) is 1.64. The largest absolute Gasteiger partial charge is 0.273 e. The van der Waals surface area contributed by atoms with Gasteiger partial charge in [-0.05, 0) is 26.7 Å². The SMILES string of the molecule is CC(C)=C[C@@H]1C=C(C)[C@H](C)[C@H]2C(=O)N(N)C(=O)[C@H]12. The number of rotatable bonds is 1. The van der Waals surface area contributed by atoms with E-state index < -0.39 is 0 Å². The van der Waals surface area contributed by atoms with Gasteiger partial charge in [0.05, 0.1) is 11.8 Å². The second-order valence-electron chi connectivity index (χ2n) is 5.62. The maximum atomic E-state index is 12.1. The molecule has 18 heavy (non-hydrogen) atoms. The molecule has 2 rings (SSSR count). The summed E-state index contributed by atoms with van der Waals surface area (Å²) < 4.78 is 0. The van der Waals surface area contributed by atoms with Gasteiger partial charge in [0.2, 0.25) is 11.8 Å². The monoisotopic (exact) mass is 248 g/mol. The minimum Gasteiger partial charge on any atom is -0.273 e. The molecule has 1 aliphatic heterocycles. The minimum atomic E-state index is -0.323. The Bertz CT molecular complexity index is 460. The molecule has 1 saturated heterocycles. The molecular weight excluding hydrogens is 228 g/mol. The first-order valence-corrected chi connectivity index (χ1v) is 6.30. The number of carbonyl (C=O) groups is 2. The van der Waals surface area contributed by atoms with Crippen LogP contribution in [0.25, 0.3) is 0 Å². The lowest BCUT2D eigenvalue weighted by Gasteiger charge is -2.32. The summed E-state index contributed by atoms with van der Waals surface area (Å²) in [6.07, 6.45) is 4.15. The fourth-order valence-corrected chi connectivity index (χ4v) is 3.04. The number of carbonyl (C=O) groups excluding carboxylic acids is 2. The van der Waals surface area contributed by atoms with E-state index >= 15 is 0 Å². The smallest absolute Gasteiger partial charge is 0.248 e. The van der Waals surface area contributed by atoms with Crippen molar-refractivity contribution in [2.75, 3.05) is 0 Å². The minimum absolute atomic E-state index is 0.0128. The highest BCUT2D eigenvalue weighted by Gasteiger charge is 2.53. The summed E-state index contributed by atoms with van der Waals surface area (Å²) in [6.45, 7) is 8.01. The second kappa shape index (κ2) is 4.35. The highest BCUT2D eigenvalue weighted by Crippen LogP contribution is 2.44. The van der Waals surface area contributed by atoms with Crippen LogP contribution in [0.4, 0.5) is 0 Å². The number of amides is 2. The summed E-state index contributed by atoms with van der Waals surface area (Å²) in [4.78, 5) is 24.2. The van der Waals surface area contributed by atoms with Crippen LogP contribution >= 0.6 is 0 Å².